The first kappa shape index (κ1) is 14.8. The Kier molecular flexibility index (Phi) is 4.09. The lowest BCUT2D eigenvalue weighted by molar-refractivity contribution is -0.383. The van der Waals surface area contributed by atoms with E-state index in [0.29, 0.717) is 24.6 Å². The summed E-state index contributed by atoms with van der Waals surface area (Å²) in [5.41, 5.74) is 0.724. The molecule has 0 saturated carbocycles. The molecule has 2 N–H and O–H groups in total. The van der Waals surface area contributed by atoms with Gasteiger partial charge < -0.3 is 20.1 Å². The summed E-state index contributed by atoms with van der Waals surface area (Å²) in [5, 5.41) is 17.1. The van der Waals surface area contributed by atoms with Crippen LogP contribution in [-0.2, 0) is 6.54 Å². The summed E-state index contributed by atoms with van der Waals surface area (Å²) in [4.78, 5) is 18.7. The van der Waals surface area contributed by atoms with Gasteiger partial charge in [-0.2, -0.15) is 0 Å². The summed E-state index contributed by atoms with van der Waals surface area (Å²) < 4.78 is 10.6. The molecule has 0 aliphatic carbocycles. The Bertz CT molecular complexity index is 737. The van der Waals surface area contributed by atoms with Gasteiger partial charge in [-0.3, -0.25) is 10.1 Å². The number of nitrogens with one attached hydrogen (secondary N) is 2. The van der Waals surface area contributed by atoms with Gasteiger partial charge in [0.25, 0.3) is 0 Å². The van der Waals surface area contributed by atoms with Crippen molar-refractivity contribution in [1.29, 1.82) is 0 Å². The minimum Gasteiger partial charge on any atom is -0.454 e. The molecule has 0 saturated heterocycles. The molecule has 2 heterocycles. The summed E-state index contributed by atoms with van der Waals surface area (Å²) in [5.74, 6) is 1.71. The van der Waals surface area contributed by atoms with E-state index >= 15 is 0 Å². The van der Waals surface area contributed by atoms with Crippen LogP contribution >= 0.6 is 0 Å². The smallest absolute Gasteiger partial charge is 0.353 e. The Morgan fingerprint density at radius 2 is 1.96 bits per heavy atom. The van der Waals surface area contributed by atoms with E-state index < -0.39 is 4.92 Å². The van der Waals surface area contributed by atoms with Crippen molar-refractivity contribution >= 4 is 17.3 Å². The third kappa shape index (κ3) is 3.07. The Hall–Kier alpha value is -3.10. The van der Waals surface area contributed by atoms with E-state index in [0.717, 1.165) is 5.56 Å². The Morgan fingerprint density at radius 3 is 2.70 bits per heavy atom. The molecule has 23 heavy (non-hydrogen) atoms. The van der Waals surface area contributed by atoms with Crippen LogP contribution in [0, 0.1) is 10.1 Å². The number of hydrogen-bond acceptors (Lipinski definition) is 8. The van der Waals surface area contributed by atoms with Crippen molar-refractivity contribution in [2.45, 2.75) is 13.5 Å². The molecule has 9 nitrogen and oxygen atoms in total. The maximum atomic E-state index is 11.3. The molecule has 3 rings (SSSR count). The average Bonchev–Trinajstić information content (AvgIpc) is 3.00. The number of anilines is 2. The molecule has 0 amide bonds. The van der Waals surface area contributed by atoms with Crippen LogP contribution < -0.4 is 20.1 Å². The maximum absolute atomic E-state index is 11.3. The fraction of sp³-hybridized carbons (Fsp3) is 0.286. The van der Waals surface area contributed by atoms with Gasteiger partial charge in [-0.15, -0.1) is 0 Å². The van der Waals surface area contributed by atoms with Crippen LogP contribution in [0.3, 0.4) is 0 Å². The Labute approximate surface area is 131 Å². The molecule has 0 bridgehead atoms. The van der Waals surface area contributed by atoms with Gasteiger partial charge in [0.15, 0.2) is 11.5 Å². The van der Waals surface area contributed by atoms with Crippen LogP contribution in [-0.4, -0.2) is 28.2 Å². The number of rotatable bonds is 6. The topological polar surface area (TPSA) is 111 Å². The molecule has 0 radical (unpaired) electrons. The second kappa shape index (κ2) is 6.34. The van der Waals surface area contributed by atoms with Gasteiger partial charge in [0.1, 0.15) is 6.33 Å². The van der Waals surface area contributed by atoms with Gasteiger partial charge in [0.05, 0.1) is 4.92 Å². The standard InChI is InChI=1S/C14H15N5O4/c1-2-15-13-12(19(20)21)14(18-7-17-13)16-6-9-3-4-10-11(5-9)23-8-22-10/h3-5,7H,2,6,8H2,1H3,(H2,15,16,17,18). The Morgan fingerprint density at radius 1 is 1.22 bits per heavy atom. The van der Waals surface area contributed by atoms with Crippen LogP contribution in [0.5, 0.6) is 11.5 Å². The summed E-state index contributed by atoms with van der Waals surface area (Å²) in [6.45, 7) is 2.93. The molecule has 1 aromatic heterocycles. The van der Waals surface area contributed by atoms with Gasteiger partial charge in [0, 0.05) is 13.1 Å². The first-order valence-corrected chi connectivity index (χ1v) is 7.04. The van der Waals surface area contributed by atoms with Crippen molar-refractivity contribution in [2.75, 3.05) is 24.0 Å². The predicted molar refractivity (Wildman–Crippen MR) is 82.7 cm³/mol. The van der Waals surface area contributed by atoms with E-state index in [-0.39, 0.29) is 24.1 Å². The third-order valence-electron chi connectivity index (χ3n) is 3.25. The van der Waals surface area contributed by atoms with Crippen LogP contribution in [0.25, 0.3) is 0 Å². The van der Waals surface area contributed by atoms with Gasteiger partial charge in [-0.25, -0.2) is 9.97 Å². The molecule has 0 unspecified atom stereocenters. The Balaban J connectivity index is 1.80. The van der Waals surface area contributed by atoms with Crippen molar-refractivity contribution < 1.29 is 14.4 Å². The fourth-order valence-electron chi connectivity index (χ4n) is 2.21. The lowest BCUT2D eigenvalue weighted by Crippen LogP contribution is -2.09. The summed E-state index contributed by atoms with van der Waals surface area (Å²) in [6.07, 6.45) is 1.28. The largest absolute Gasteiger partial charge is 0.454 e. The maximum Gasteiger partial charge on any atom is 0.353 e. The number of fused-ring (bicyclic) bond motifs is 1. The van der Waals surface area contributed by atoms with E-state index in [1.807, 2.05) is 19.1 Å². The van der Waals surface area contributed by atoms with E-state index in [9.17, 15) is 10.1 Å². The molecule has 2 aromatic rings. The number of nitrogens with zero attached hydrogens (tertiary/aromatic N) is 3. The number of nitro groups is 1. The number of ether oxygens (including phenoxy) is 2. The van der Waals surface area contributed by atoms with Gasteiger partial charge in [-0.05, 0) is 24.6 Å². The van der Waals surface area contributed by atoms with E-state index in [4.69, 9.17) is 9.47 Å². The first-order chi connectivity index (χ1) is 11.2. The predicted octanol–water partition coefficient (Wildman–Crippen LogP) is 2.16. The highest BCUT2D eigenvalue weighted by Crippen LogP contribution is 2.33. The van der Waals surface area contributed by atoms with E-state index in [1.165, 1.54) is 6.33 Å². The van der Waals surface area contributed by atoms with Crippen molar-refractivity contribution in [3.05, 3.63) is 40.2 Å². The number of benzene rings is 1. The van der Waals surface area contributed by atoms with E-state index in [2.05, 4.69) is 20.6 Å². The molecule has 1 aliphatic rings. The van der Waals surface area contributed by atoms with Gasteiger partial charge >= 0.3 is 5.69 Å². The molecule has 0 fully saturated rings. The first-order valence-electron chi connectivity index (χ1n) is 7.04. The van der Waals surface area contributed by atoms with Crippen molar-refractivity contribution in [3.8, 4) is 11.5 Å². The fourth-order valence-corrected chi connectivity index (χ4v) is 2.21. The zero-order valence-electron chi connectivity index (χ0n) is 12.4. The molecule has 9 heteroatoms. The minimum absolute atomic E-state index is 0.165. The zero-order chi connectivity index (χ0) is 16.2. The number of aromatic nitrogens is 2. The second-order valence-corrected chi connectivity index (χ2v) is 4.75. The van der Waals surface area contributed by atoms with Crippen molar-refractivity contribution in [1.82, 2.24) is 9.97 Å². The zero-order valence-corrected chi connectivity index (χ0v) is 12.4. The highest BCUT2D eigenvalue weighted by atomic mass is 16.7. The highest BCUT2D eigenvalue weighted by Gasteiger charge is 2.22. The molecular weight excluding hydrogens is 302 g/mol. The molecule has 1 aliphatic heterocycles. The van der Waals surface area contributed by atoms with Gasteiger partial charge in [-0.1, -0.05) is 6.07 Å². The van der Waals surface area contributed by atoms with E-state index in [1.54, 1.807) is 6.07 Å². The monoisotopic (exact) mass is 317 g/mol. The average molecular weight is 317 g/mol. The summed E-state index contributed by atoms with van der Waals surface area (Å²) in [7, 11) is 0. The lowest BCUT2D eigenvalue weighted by atomic mass is 10.2. The molecule has 1 aromatic carbocycles. The van der Waals surface area contributed by atoms with Crippen molar-refractivity contribution in [3.63, 3.8) is 0 Å². The molecule has 0 spiro atoms. The summed E-state index contributed by atoms with van der Waals surface area (Å²) >= 11 is 0. The molecular formula is C14H15N5O4. The molecule has 0 atom stereocenters. The minimum atomic E-state index is -0.500. The lowest BCUT2D eigenvalue weighted by Gasteiger charge is -2.09. The van der Waals surface area contributed by atoms with Crippen molar-refractivity contribution in [2.24, 2.45) is 0 Å². The van der Waals surface area contributed by atoms with Crippen LogP contribution in [0.1, 0.15) is 12.5 Å². The normalized spacial score (nSPS) is 12.0. The SMILES string of the molecule is CCNc1ncnc(NCc2ccc3c(c2)OCO3)c1[N+](=O)[O-]. The van der Waals surface area contributed by atoms with Crippen LogP contribution in [0.2, 0.25) is 0 Å². The summed E-state index contributed by atoms with van der Waals surface area (Å²) in [6, 6.07) is 5.49. The quantitative estimate of drug-likeness (QED) is 0.616. The second-order valence-electron chi connectivity index (χ2n) is 4.75. The highest BCUT2D eigenvalue weighted by molar-refractivity contribution is 5.69. The van der Waals surface area contributed by atoms with Crippen LogP contribution in [0.4, 0.5) is 17.3 Å². The third-order valence-corrected chi connectivity index (χ3v) is 3.25. The number of hydrogen-bond donors (Lipinski definition) is 2. The van der Waals surface area contributed by atoms with Gasteiger partial charge in [0.2, 0.25) is 18.4 Å². The molecule has 120 valence electrons. The van der Waals surface area contributed by atoms with Crippen LogP contribution in [0.15, 0.2) is 24.5 Å².